The Morgan fingerprint density at radius 3 is 1.35 bits per heavy atom. The van der Waals surface area contributed by atoms with E-state index in [1.165, 1.54) is 7.11 Å². The highest BCUT2D eigenvalue weighted by atomic mass is 28.5. The van der Waals surface area contributed by atoms with Gasteiger partial charge in [0.1, 0.15) is 6.07 Å². The number of hydrogen-bond acceptors (Lipinski definition) is 5. The molecule has 5 nitrogen and oxygen atoms in total. The van der Waals surface area contributed by atoms with Crippen LogP contribution in [-0.2, 0) is 17.7 Å². The third-order valence-corrected chi connectivity index (χ3v) is 14.7. The van der Waals surface area contributed by atoms with E-state index < -0.39 is 23.4 Å². The van der Waals surface area contributed by atoms with Crippen LogP contribution in [0.3, 0.4) is 0 Å². The first-order valence-electron chi connectivity index (χ1n) is 8.39. The van der Waals surface area contributed by atoms with Crippen molar-refractivity contribution in [2.24, 2.45) is 0 Å². The van der Waals surface area contributed by atoms with Gasteiger partial charge in [-0.15, -0.1) is 0 Å². The Balaban J connectivity index is 5.99. The molecule has 0 aliphatic heterocycles. The lowest BCUT2D eigenvalue weighted by atomic mass is 10.5. The minimum atomic E-state index is -2.75. The summed E-state index contributed by atoms with van der Waals surface area (Å²) < 4.78 is 24.2. The van der Waals surface area contributed by atoms with E-state index in [2.05, 4.69) is 61.5 Å². The first kappa shape index (κ1) is 22.8. The fourth-order valence-corrected chi connectivity index (χ4v) is 14.1. The standard InChI is InChI=1S/C16H35NO4Si2/c1-12(2)22(19-10,13(3)4)21-23(14(5)6,15(7)8)20-16(11-17)18-9/h12-16H,1-10H3. The Morgan fingerprint density at radius 1 is 0.739 bits per heavy atom. The summed E-state index contributed by atoms with van der Waals surface area (Å²) in [6.07, 6.45) is -0.908. The van der Waals surface area contributed by atoms with Crippen molar-refractivity contribution >= 4 is 17.1 Å². The Morgan fingerprint density at radius 2 is 1.13 bits per heavy atom. The number of rotatable bonds is 10. The summed E-state index contributed by atoms with van der Waals surface area (Å²) in [5.41, 5.74) is 0.910. The summed E-state index contributed by atoms with van der Waals surface area (Å²) in [6.45, 7) is 17.0. The fraction of sp³-hybridized carbons (Fsp3) is 0.938. The molecule has 0 rings (SSSR count). The average Bonchev–Trinajstić information content (AvgIpc) is 2.46. The molecule has 0 heterocycles. The normalized spacial score (nSPS) is 14.8. The molecular formula is C16H35NO4Si2. The maximum absolute atomic E-state index is 9.27. The topological polar surface area (TPSA) is 60.7 Å². The predicted molar refractivity (Wildman–Crippen MR) is 97.5 cm³/mol. The van der Waals surface area contributed by atoms with Crippen LogP contribution in [-0.4, -0.2) is 37.6 Å². The molecule has 1 unspecified atom stereocenters. The van der Waals surface area contributed by atoms with Gasteiger partial charge in [-0.25, -0.2) is 0 Å². The summed E-state index contributed by atoms with van der Waals surface area (Å²) in [5, 5.41) is 9.27. The molecule has 0 aliphatic carbocycles. The lowest BCUT2D eigenvalue weighted by Gasteiger charge is -2.47. The molecule has 0 N–H and O–H groups in total. The predicted octanol–water partition coefficient (Wildman–Crippen LogP) is 4.69. The van der Waals surface area contributed by atoms with Gasteiger partial charge in [0.25, 0.3) is 0 Å². The van der Waals surface area contributed by atoms with Crippen LogP contribution in [0.1, 0.15) is 55.4 Å². The van der Waals surface area contributed by atoms with E-state index in [0.717, 1.165) is 0 Å². The second-order valence-electron chi connectivity index (χ2n) is 7.18. The van der Waals surface area contributed by atoms with Gasteiger partial charge in [-0.3, -0.25) is 0 Å². The number of methoxy groups -OCH3 is 1. The molecule has 0 aliphatic rings. The SMILES string of the molecule is COC(C#N)O[Si](O[Si](OC)(C(C)C)C(C)C)(C(C)C)C(C)C. The Kier molecular flexibility index (Phi) is 9.20. The molecular weight excluding hydrogens is 326 g/mol. The van der Waals surface area contributed by atoms with Crippen LogP contribution in [0.25, 0.3) is 0 Å². The van der Waals surface area contributed by atoms with Crippen molar-refractivity contribution in [3.05, 3.63) is 0 Å². The maximum atomic E-state index is 9.27. The molecule has 0 radical (unpaired) electrons. The quantitative estimate of drug-likeness (QED) is 0.417. The van der Waals surface area contributed by atoms with Gasteiger partial charge in [-0.1, -0.05) is 55.4 Å². The van der Waals surface area contributed by atoms with Crippen molar-refractivity contribution in [3.8, 4) is 6.07 Å². The highest BCUT2D eigenvalue weighted by Gasteiger charge is 2.56. The number of ether oxygens (including phenoxy) is 1. The zero-order valence-corrected chi connectivity index (χ0v) is 18.5. The van der Waals surface area contributed by atoms with Gasteiger partial charge in [0.2, 0.25) is 6.29 Å². The molecule has 0 bridgehead atoms. The van der Waals surface area contributed by atoms with Crippen molar-refractivity contribution in [3.63, 3.8) is 0 Å². The molecule has 0 saturated carbocycles. The van der Waals surface area contributed by atoms with Crippen molar-refractivity contribution in [2.75, 3.05) is 14.2 Å². The summed E-state index contributed by atoms with van der Waals surface area (Å²) in [7, 11) is -2.03. The zero-order valence-electron chi connectivity index (χ0n) is 16.5. The summed E-state index contributed by atoms with van der Waals surface area (Å²) in [6, 6.07) is 2.06. The first-order chi connectivity index (χ1) is 10.5. The molecule has 0 aromatic heterocycles. The van der Waals surface area contributed by atoms with Crippen molar-refractivity contribution in [1.29, 1.82) is 5.26 Å². The van der Waals surface area contributed by atoms with Gasteiger partial charge in [-0.05, 0) is 22.2 Å². The van der Waals surface area contributed by atoms with E-state index in [0.29, 0.717) is 0 Å². The van der Waals surface area contributed by atoms with E-state index in [4.69, 9.17) is 17.7 Å². The van der Waals surface area contributed by atoms with Crippen molar-refractivity contribution in [1.82, 2.24) is 0 Å². The van der Waals surface area contributed by atoms with Gasteiger partial charge in [-0.2, -0.15) is 5.26 Å². The van der Waals surface area contributed by atoms with Crippen LogP contribution in [0.5, 0.6) is 0 Å². The smallest absolute Gasteiger partial charge is 0.337 e. The molecule has 0 aromatic carbocycles. The van der Waals surface area contributed by atoms with E-state index in [1.54, 1.807) is 7.11 Å². The fourth-order valence-electron chi connectivity index (χ4n) is 3.16. The second kappa shape index (κ2) is 9.30. The Hall–Kier alpha value is -0.236. The molecule has 0 fully saturated rings. The second-order valence-corrected chi connectivity index (χ2v) is 16.1. The monoisotopic (exact) mass is 361 g/mol. The molecule has 136 valence electrons. The van der Waals surface area contributed by atoms with Gasteiger partial charge in [0.05, 0.1) is 0 Å². The van der Waals surface area contributed by atoms with Crippen LogP contribution in [0.4, 0.5) is 0 Å². The number of hydrogen-bond donors (Lipinski definition) is 0. The minimum absolute atomic E-state index is 0.174. The summed E-state index contributed by atoms with van der Waals surface area (Å²) in [5.74, 6) is 0. The van der Waals surface area contributed by atoms with Crippen LogP contribution >= 0.6 is 0 Å². The Bertz CT molecular complexity index is 378. The van der Waals surface area contributed by atoms with Crippen LogP contribution in [0, 0.1) is 11.3 Å². The van der Waals surface area contributed by atoms with Crippen molar-refractivity contribution in [2.45, 2.75) is 83.8 Å². The molecule has 0 amide bonds. The molecule has 1 atom stereocenters. The van der Waals surface area contributed by atoms with Crippen LogP contribution in [0.2, 0.25) is 22.2 Å². The van der Waals surface area contributed by atoms with Gasteiger partial charge >= 0.3 is 17.1 Å². The highest BCUT2D eigenvalue weighted by molar-refractivity contribution is 6.83. The lowest BCUT2D eigenvalue weighted by Crippen LogP contribution is -2.61. The third-order valence-electron chi connectivity index (χ3n) is 4.47. The van der Waals surface area contributed by atoms with E-state index in [1.807, 2.05) is 0 Å². The third kappa shape index (κ3) is 4.87. The van der Waals surface area contributed by atoms with Gasteiger partial charge < -0.3 is 17.7 Å². The largest absolute Gasteiger partial charge is 0.414 e. The molecule has 0 saturated heterocycles. The first-order valence-corrected chi connectivity index (χ1v) is 12.3. The molecule has 7 heteroatoms. The number of nitriles is 1. The van der Waals surface area contributed by atoms with E-state index in [9.17, 15) is 5.26 Å². The molecule has 23 heavy (non-hydrogen) atoms. The molecule has 0 aromatic rings. The Labute approximate surface area is 144 Å². The van der Waals surface area contributed by atoms with Crippen molar-refractivity contribution < 1.29 is 17.7 Å². The van der Waals surface area contributed by atoms with Gasteiger partial charge in [0.15, 0.2) is 0 Å². The zero-order chi connectivity index (χ0) is 18.4. The van der Waals surface area contributed by atoms with Crippen LogP contribution < -0.4 is 0 Å². The summed E-state index contributed by atoms with van der Waals surface area (Å²) >= 11 is 0. The average molecular weight is 362 g/mol. The lowest BCUT2D eigenvalue weighted by molar-refractivity contribution is -0.0355. The summed E-state index contributed by atoms with van der Waals surface area (Å²) in [4.78, 5) is 0. The highest BCUT2D eigenvalue weighted by Crippen LogP contribution is 2.44. The molecule has 0 spiro atoms. The van der Waals surface area contributed by atoms with E-state index in [-0.39, 0.29) is 22.2 Å². The van der Waals surface area contributed by atoms with Gasteiger partial charge in [0, 0.05) is 14.2 Å². The maximum Gasteiger partial charge on any atom is 0.337 e. The number of nitrogens with zero attached hydrogens (tertiary/aromatic N) is 1. The minimum Gasteiger partial charge on any atom is -0.414 e. The van der Waals surface area contributed by atoms with Crippen LogP contribution in [0.15, 0.2) is 0 Å². The van der Waals surface area contributed by atoms with E-state index >= 15 is 0 Å².